The Labute approximate surface area is 154 Å². The van der Waals surface area contributed by atoms with E-state index in [0.29, 0.717) is 11.6 Å². The monoisotopic (exact) mass is 396 g/mol. The summed E-state index contributed by atoms with van der Waals surface area (Å²) in [7, 11) is 0. The molecule has 0 saturated carbocycles. The molecule has 0 saturated heterocycles. The molecule has 0 radical (unpaired) electrons. The summed E-state index contributed by atoms with van der Waals surface area (Å²) in [6, 6.07) is 15.0. The molecule has 0 fully saturated rings. The van der Waals surface area contributed by atoms with Crippen LogP contribution in [0.25, 0.3) is 0 Å². The van der Waals surface area contributed by atoms with Crippen LogP contribution in [0.15, 0.2) is 59.2 Å². The molecule has 3 aromatic rings. The van der Waals surface area contributed by atoms with E-state index in [1.807, 2.05) is 56.3 Å². The predicted molar refractivity (Wildman–Crippen MR) is 103 cm³/mol. The molecular formula is C19H17BrN4O. The molecule has 2 N–H and O–H groups in total. The van der Waals surface area contributed by atoms with Crippen molar-refractivity contribution < 1.29 is 4.79 Å². The normalized spacial score (nSPS) is 10.4. The van der Waals surface area contributed by atoms with Gasteiger partial charge in [0, 0.05) is 16.4 Å². The number of aromatic nitrogens is 2. The van der Waals surface area contributed by atoms with Crippen LogP contribution in [0, 0.1) is 13.8 Å². The van der Waals surface area contributed by atoms with Crippen molar-refractivity contribution in [2.45, 2.75) is 13.8 Å². The Morgan fingerprint density at radius 3 is 2.60 bits per heavy atom. The standard InChI is InChI=1S/C19H17BrN4O/c1-12-7-8-14(11-13(12)2)22-18(25)17-9-10-21-19(24-17)23-16-6-4-3-5-15(16)20/h3-11H,1-2H3,(H,22,25)(H,21,23,24). The molecule has 25 heavy (non-hydrogen) atoms. The number of aryl methyl sites for hydroxylation is 2. The molecule has 1 aromatic heterocycles. The quantitative estimate of drug-likeness (QED) is 0.661. The lowest BCUT2D eigenvalue weighted by Gasteiger charge is -2.09. The maximum absolute atomic E-state index is 12.4. The Hall–Kier alpha value is -2.73. The maximum Gasteiger partial charge on any atom is 0.274 e. The Morgan fingerprint density at radius 2 is 1.84 bits per heavy atom. The van der Waals surface area contributed by atoms with Gasteiger partial charge in [0.1, 0.15) is 5.69 Å². The van der Waals surface area contributed by atoms with Crippen LogP contribution in [0.3, 0.4) is 0 Å². The second-order valence-corrected chi connectivity index (χ2v) is 6.48. The van der Waals surface area contributed by atoms with Crippen molar-refractivity contribution in [1.82, 2.24) is 9.97 Å². The van der Waals surface area contributed by atoms with Crippen molar-refractivity contribution >= 4 is 39.2 Å². The summed E-state index contributed by atoms with van der Waals surface area (Å²) in [5, 5.41) is 5.96. The number of nitrogens with zero attached hydrogens (tertiary/aromatic N) is 2. The average Bonchev–Trinajstić information content (AvgIpc) is 2.60. The lowest BCUT2D eigenvalue weighted by molar-refractivity contribution is 0.102. The van der Waals surface area contributed by atoms with Gasteiger partial charge in [0.15, 0.2) is 0 Å². The zero-order valence-corrected chi connectivity index (χ0v) is 15.5. The summed E-state index contributed by atoms with van der Waals surface area (Å²) in [4.78, 5) is 20.9. The van der Waals surface area contributed by atoms with E-state index >= 15 is 0 Å². The van der Waals surface area contributed by atoms with E-state index in [-0.39, 0.29) is 5.91 Å². The maximum atomic E-state index is 12.4. The molecule has 0 aliphatic rings. The first-order chi connectivity index (χ1) is 12.0. The molecule has 126 valence electrons. The number of carbonyl (C=O) groups excluding carboxylic acids is 1. The van der Waals surface area contributed by atoms with E-state index in [1.54, 1.807) is 12.3 Å². The van der Waals surface area contributed by atoms with Crippen molar-refractivity contribution in [3.8, 4) is 0 Å². The molecule has 1 amide bonds. The molecule has 2 aromatic carbocycles. The summed E-state index contributed by atoms with van der Waals surface area (Å²) in [6.45, 7) is 4.04. The topological polar surface area (TPSA) is 66.9 Å². The lowest BCUT2D eigenvalue weighted by atomic mass is 10.1. The first-order valence-corrected chi connectivity index (χ1v) is 8.55. The van der Waals surface area contributed by atoms with Gasteiger partial charge in [0.25, 0.3) is 5.91 Å². The summed E-state index contributed by atoms with van der Waals surface area (Å²) < 4.78 is 0.892. The fourth-order valence-electron chi connectivity index (χ4n) is 2.24. The van der Waals surface area contributed by atoms with E-state index in [2.05, 4.69) is 36.5 Å². The number of rotatable bonds is 4. The lowest BCUT2D eigenvalue weighted by Crippen LogP contribution is -2.15. The zero-order valence-electron chi connectivity index (χ0n) is 13.9. The van der Waals surface area contributed by atoms with Gasteiger partial charge in [-0.2, -0.15) is 0 Å². The first kappa shape index (κ1) is 17.1. The summed E-state index contributed by atoms with van der Waals surface area (Å²) in [5.41, 5.74) is 4.17. The largest absolute Gasteiger partial charge is 0.323 e. The van der Waals surface area contributed by atoms with E-state index in [0.717, 1.165) is 21.4 Å². The number of hydrogen-bond donors (Lipinski definition) is 2. The minimum absolute atomic E-state index is 0.277. The third-order valence-corrected chi connectivity index (χ3v) is 4.46. The summed E-state index contributed by atoms with van der Waals surface area (Å²) in [5.74, 6) is 0.0838. The van der Waals surface area contributed by atoms with E-state index in [4.69, 9.17) is 0 Å². The van der Waals surface area contributed by atoms with Crippen molar-refractivity contribution in [3.63, 3.8) is 0 Å². The summed E-state index contributed by atoms with van der Waals surface area (Å²) in [6.07, 6.45) is 1.56. The van der Waals surface area contributed by atoms with Gasteiger partial charge in [-0.05, 0) is 71.2 Å². The van der Waals surface area contributed by atoms with Gasteiger partial charge in [-0.3, -0.25) is 4.79 Å². The van der Waals surface area contributed by atoms with Crippen LogP contribution in [0.1, 0.15) is 21.6 Å². The van der Waals surface area contributed by atoms with Crippen LogP contribution in [-0.2, 0) is 0 Å². The minimum atomic E-state index is -0.277. The molecule has 6 heteroatoms. The van der Waals surface area contributed by atoms with Crippen LogP contribution < -0.4 is 10.6 Å². The third kappa shape index (κ3) is 4.22. The second-order valence-electron chi connectivity index (χ2n) is 5.62. The predicted octanol–water partition coefficient (Wildman–Crippen LogP) is 4.85. The molecule has 5 nitrogen and oxygen atoms in total. The van der Waals surface area contributed by atoms with Crippen LogP contribution in [-0.4, -0.2) is 15.9 Å². The number of para-hydroxylation sites is 1. The molecule has 1 heterocycles. The zero-order chi connectivity index (χ0) is 17.8. The number of hydrogen-bond acceptors (Lipinski definition) is 4. The van der Waals surface area contributed by atoms with Crippen molar-refractivity contribution in [3.05, 3.63) is 76.0 Å². The van der Waals surface area contributed by atoms with Crippen molar-refractivity contribution in [1.29, 1.82) is 0 Å². The van der Waals surface area contributed by atoms with Gasteiger partial charge >= 0.3 is 0 Å². The highest BCUT2D eigenvalue weighted by molar-refractivity contribution is 9.10. The van der Waals surface area contributed by atoms with E-state index in [9.17, 15) is 4.79 Å². The van der Waals surface area contributed by atoms with Gasteiger partial charge in [-0.25, -0.2) is 9.97 Å². The number of halogens is 1. The van der Waals surface area contributed by atoms with Crippen LogP contribution in [0.2, 0.25) is 0 Å². The van der Waals surface area contributed by atoms with Crippen molar-refractivity contribution in [2.24, 2.45) is 0 Å². The highest BCUT2D eigenvalue weighted by Gasteiger charge is 2.10. The molecule has 0 aliphatic heterocycles. The molecule has 0 aliphatic carbocycles. The molecular weight excluding hydrogens is 380 g/mol. The number of benzene rings is 2. The second kappa shape index (κ2) is 7.44. The highest BCUT2D eigenvalue weighted by Crippen LogP contribution is 2.23. The molecule has 0 spiro atoms. The van der Waals surface area contributed by atoms with Gasteiger partial charge in [0.2, 0.25) is 5.95 Å². The van der Waals surface area contributed by atoms with Gasteiger partial charge in [-0.15, -0.1) is 0 Å². The number of nitrogens with one attached hydrogen (secondary N) is 2. The number of anilines is 3. The van der Waals surface area contributed by atoms with E-state index < -0.39 is 0 Å². The van der Waals surface area contributed by atoms with Crippen LogP contribution >= 0.6 is 15.9 Å². The van der Waals surface area contributed by atoms with Crippen LogP contribution in [0.5, 0.6) is 0 Å². The number of carbonyl (C=O) groups is 1. The van der Waals surface area contributed by atoms with Gasteiger partial charge in [-0.1, -0.05) is 18.2 Å². The van der Waals surface area contributed by atoms with Crippen molar-refractivity contribution in [2.75, 3.05) is 10.6 Å². The Balaban J connectivity index is 1.77. The van der Waals surface area contributed by atoms with Crippen LogP contribution in [0.4, 0.5) is 17.3 Å². The molecule has 3 rings (SSSR count). The highest BCUT2D eigenvalue weighted by atomic mass is 79.9. The SMILES string of the molecule is Cc1ccc(NC(=O)c2ccnc(Nc3ccccc3Br)n2)cc1C. The average molecular weight is 397 g/mol. The Morgan fingerprint density at radius 1 is 1.04 bits per heavy atom. The van der Waals surface area contributed by atoms with Gasteiger partial charge < -0.3 is 10.6 Å². The molecule has 0 bridgehead atoms. The summed E-state index contributed by atoms with van der Waals surface area (Å²) >= 11 is 3.46. The third-order valence-electron chi connectivity index (χ3n) is 3.77. The molecule has 0 atom stereocenters. The van der Waals surface area contributed by atoms with Gasteiger partial charge in [0.05, 0.1) is 5.69 Å². The minimum Gasteiger partial charge on any atom is -0.323 e. The molecule has 0 unspecified atom stereocenters. The van der Waals surface area contributed by atoms with E-state index in [1.165, 1.54) is 5.56 Å². The Kier molecular flexibility index (Phi) is 5.09. The fourth-order valence-corrected chi connectivity index (χ4v) is 2.63. The smallest absolute Gasteiger partial charge is 0.274 e. The fraction of sp³-hybridized carbons (Fsp3) is 0.105. The Bertz CT molecular complexity index is 927. The number of amides is 1. The first-order valence-electron chi connectivity index (χ1n) is 7.76.